The van der Waals surface area contributed by atoms with Crippen molar-refractivity contribution >= 4 is 7.37 Å². The topological polar surface area (TPSA) is 83.5 Å². The fourth-order valence-corrected chi connectivity index (χ4v) is 2.75. The molecule has 2 unspecified atom stereocenters. The molecular weight excluding hydrogens is 177 g/mol. The maximum atomic E-state index is 11.4. The summed E-state index contributed by atoms with van der Waals surface area (Å²) in [5.41, 5.74) is 5.20. The maximum absolute atomic E-state index is 11.4. The van der Waals surface area contributed by atoms with Crippen LogP contribution in [0.4, 0.5) is 0 Å². The Morgan fingerprint density at radius 1 is 1.50 bits per heavy atom. The normalized spacial score (nSPS) is 19.2. The summed E-state index contributed by atoms with van der Waals surface area (Å²) in [6, 6.07) is 0. The van der Waals surface area contributed by atoms with Crippen molar-refractivity contribution in [3.63, 3.8) is 0 Å². The number of hydrogen-bond donors (Lipinski definition) is 3. The molecule has 0 aliphatic carbocycles. The number of hydrogen-bond acceptors (Lipinski definition) is 3. The maximum Gasteiger partial charge on any atom is 0.228 e. The standard InChI is InChI=1S/C7H18NO3P/c1-6(2)7(9)12(10,11)5-3-4-8/h6-7,9H,3-5,8H2,1-2H3,(H,10,11). The third kappa shape index (κ3) is 3.68. The molecule has 0 spiro atoms. The lowest BCUT2D eigenvalue weighted by Gasteiger charge is -2.20. The van der Waals surface area contributed by atoms with E-state index in [0.29, 0.717) is 13.0 Å². The highest BCUT2D eigenvalue weighted by Gasteiger charge is 2.30. The second-order valence-electron chi connectivity index (χ2n) is 3.28. The number of aliphatic hydroxyl groups is 1. The van der Waals surface area contributed by atoms with Crippen LogP contribution < -0.4 is 5.73 Å². The molecule has 0 aromatic heterocycles. The Labute approximate surface area is 73.2 Å². The average molecular weight is 195 g/mol. The van der Waals surface area contributed by atoms with Crippen LogP contribution in [-0.4, -0.2) is 28.6 Å². The van der Waals surface area contributed by atoms with Gasteiger partial charge in [-0.1, -0.05) is 13.8 Å². The summed E-state index contributed by atoms with van der Waals surface area (Å²) in [5, 5.41) is 9.33. The summed E-state index contributed by atoms with van der Waals surface area (Å²) in [5.74, 6) is -1.29. The first-order valence-electron chi connectivity index (χ1n) is 4.11. The predicted octanol–water partition coefficient (Wildman–Crippen LogP) is 0.580. The molecule has 0 fully saturated rings. The van der Waals surface area contributed by atoms with E-state index in [1.54, 1.807) is 13.8 Å². The van der Waals surface area contributed by atoms with Gasteiger partial charge in [0.2, 0.25) is 7.37 Å². The van der Waals surface area contributed by atoms with Crippen LogP contribution in [0.5, 0.6) is 0 Å². The van der Waals surface area contributed by atoms with E-state index in [0.717, 1.165) is 0 Å². The third-order valence-electron chi connectivity index (χ3n) is 1.69. The van der Waals surface area contributed by atoms with Crippen LogP contribution in [-0.2, 0) is 4.57 Å². The number of aliphatic hydroxyl groups excluding tert-OH is 1. The van der Waals surface area contributed by atoms with Crippen molar-refractivity contribution in [2.75, 3.05) is 12.7 Å². The molecular formula is C7H18NO3P. The Morgan fingerprint density at radius 2 is 2.00 bits per heavy atom. The Kier molecular flexibility index (Phi) is 5.02. The highest BCUT2D eigenvalue weighted by molar-refractivity contribution is 7.58. The first kappa shape index (κ1) is 12.1. The van der Waals surface area contributed by atoms with Crippen molar-refractivity contribution in [2.24, 2.45) is 11.7 Å². The molecule has 0 aromatic carbocycles. The summed E-state index contributed by atoms with van der Waals surface area (Å²) in [6.07, 6.45) is 0.598. The van der Waals surface area contributed by atoms with Crippen LogP contribution in [0.2, 0.25) is 0 Å². The number of nitrogens with two attached hydrogens (primary N) is 1. The van der Waals surface area contributed by atoms with Gasteiger partial charge in [-0.15, -0.1) is 0 Å². The minimum absolute atomic E-state index is 0.114. The van der Waals surface area contributed by atoms with E-state index < -0.39 is 13.2 Å². The summed E-state index contributed by atoms with van der Waals surface area (Å²) >= 11 is 0. The molecule has 4 N–H and O–H groups in total. The molecule has 0 radical (unpaired) electrons. The van der Waals surface area contributed by atoms with Gasteiger partial charge in [0, 0.05) is 6.16 Å². The van der Waals surface area contributed by atoms with Crippen molar-refractivity contribution in [3.8, 4) is 0 Å². The monoisotopic (exact) mass is 195 g/mol. The second kappa shape index (κ2) is 4.97. The van der Waals surface area contributed by atoms with Gasteiger partial charge in [0.25, 0.3) is 0 Å². The molecule has 0 bridgehead atoms. The Hall–Kier alpha value is 0.110. The van der Waals surface area contributed by atoms with E-state index >= 15 is 0 Å². The van der Waals surface area contributed by atoms with Crippen LogP contribution in [0.25, 0.3) is 0 Å². The molecule has 0 amide bonds. The van der Waals surface area contributed by atoms with Gasteiger partial charge < -0.3 is 15.7 Å². The fraction of sp³-hybridized carbons (Fsp3) is 1.00. The molecule has 5 heteroatoms. The van der Waals surface area contributed by atoms with Crippen LogP contribution in [0.3, 0.4) is 0 Å². The molecule has 0 aliphatic rings. The van der Waals surface area contributed by atoms with E-state index in [4.69, 9.17) is 5.73 Å². The fourth-order valence-electron chi connectivity index (χ4n) is 0.916. The van der Waals surface area contributed by atoms with Gasteiger partial charge in [0.15, 0.2) is 0 Å². The predicted molar refractivity (Wildman–Crippen MR) is 49.2 cm³/mol. The minimum Gasteiger partial charge on any atom is -0.383 e. The lowest BCUT2D eigenvalue weighted by Crippen LogP contribution is -2.17. The van der Waals surface area contributed by atoms with Crippen molar-refractivity contribution < 1.29 is 14.6 Å². The van der Waals surface area contributed by atoms with Gasteiger partial charge in [-0.25, -0.2) is 0 Å². The van der Waals surface area contributed by atoms with E-state index in [1.807, 2.05) is 0 Å². The Bertz CT molecular complexity index is 172. The zero-order chi connectivity index (χ0) is 9.78. The molecule has 0 saturated carbocycles. The van der Waals surface area contributed by atoms with E-state index in [2.05, 4.69) is 0 Å². The lowest BCUT2D eigenvalue weighted by molar-refractivity contribution is 0.183. The smallest absolute Gasteiger partial charge is 0.228 e. The third-order valence-corrected chi connectivity index (χ3v) is 4.07. The summed E-state index contributed by atoms with van der Waals surface area (Å²) in [6.45, 7) is 3.82. The average Bonchev–Trinajstić information content (AvgIpc) is 1.99. The van der Waals surface area contributed by atoms with Gasteiger partial charge in [-0.2, -0.15) is 0 Å². The van der Waals surface area contributed by atoms with Gasteiger partial charge in [-0.05, 0) is 18.9 Å². The summed E-state index contributed by atoms with van der Waals surface area (Å²) in [4.78, 5) is 9.33. The molecule has 4 nitrogen and oxygen atoms in total. The Balaban J connectivity index is 4.10. The van der Waals surface area contributed by atoms with E-state index in [9.17, 15) is 14.6 Å². The van der Waals surface area contributed by atoms with Gasteiger partial charge >= 0.3 is 0 Å². The molecule has 0 saturated heterocycles. The number of rotatable bonds is 5. The Morgan fingerprint density at radius 3 is 2.33 bits per heavy atom. The molecule has 12 heavy (non-hydrogen) atoms. The summed E-state index contributed by atoms with van der Waals surface area (Å²) in [7, 11) is -3.38. The van der Waals surface area contributed by atoms with Gasteiger partial charge in [0.1, 0.15) is 5.85 Å². The van der Waals surface area contributed by atoms with Crippen LogP contribution in [0.15, 0.2) is 0 Å². The molecule has 0 rings (SSSR count). The first-order chi connectivity index (χ1) is 5.41. The van der Waals surface area contributed by atoms with Crippen molar-refractivity contribution in [2.45, 2.75) is 26.1 Å². The van der Waals surface area contributed by atoms with Crippen molar-refractivity contribution in [1.29, 1.82) is 0 Å². The zero-order valence-electron chi connectivity index (χ0n) is 7.60. The van der Waals surface area contributed by atoms with Crippen molar-refractivity contribution in [3.05, 3.63) is 0 Å². The minimum atomic E-state index is -3.38. The molecule has 2 atom stereocenters. The van der Waals surface area contributed by atoms with Gasteiger partial charge in [-0.3, -0.25) is 4.57 Å². The molecule has 74 valence electrons. The highest BCUT2D eigenvalue weighted by atomic mass is 31.2. The largest absolute Gasteiger partial charge is 0.383 e. The molecule has 0 aliphatic heterocycles. The molecule has 0 heterocycles. The highest BCUT2D eigenvalue weighted by Crippen LogP contribution is 2.48. The van der Waals surface area contributed by atoms with Crippen LogP contribution >= 0.6 is 7.37 Å². The quantitative estimate of drug-likeness (QED) is 0.560. The van der Waals surface area contributed by atoms with E-state index in [1.165, 1.54) is 0 Å². The molecule has 0 aromatic rings. The van der Waals surface area contributed by atoms with Gasteiger partial charge in [0.05, 0.1) is 0 Å². The van der Waals surface area contributed by atoms with Crippen molar-refractivity contribution in [1.82, 2.24) is 0 Å². The SMILES string of the molecule is CC(C)C(O)P(=O)(O)CCCN. The summed E-state index contributed by atoms with van der Waals surface area (Å²) < 4.78 is 11.4. The van der Waals surface area contributed by atoms with Crippen LogP contribution in [0, 0.1) is 5.92 Å². The second-order valence-corrected chi connectivity index (χ2v) is 5.77. The van der Waals surface area contributed by atoms with Crippen LogP contribution in [0.1, 0.15) is 20.3 Å². The lowest BCUT2D eigenvalue weighted by atomic mass is 10.2. The van der Waals surface area contributed by atoms with E-state index in [-0.39, 0.29) is 12.1 Å². The zero-order valence-corrected chi connectivity index (χ0v) is 8.50. The first-order valence-corrected chi connectivity index (χ1v) is 6.03.